The van der Waals surface area contributed by atoms with Crippen molar-refractivity contribution < 1.29 is 28.5 Å². The number of piperidine rings is 1. The third-order valence-corrected chi connectivity index (χ3v) is 5.98. The standard InChI is InChI=1S/C16H33N2.HI/c1-15(2)14-8-9-16(15,3)13-17(12-14)10-7-11-18(4,5)6;/h14H,7-13H2,1-6H3;1H/q+1;/p-1/t14-,16+;/m1./s1. The molecule has 114 valence electrons. The lowest BCUT2D eigenvalue weighted by Crippen LogP contribution is -3.00. The highest BCUT2D eigenvalue weighted by Crippen LogP contribution is 2.58. The quantitative estimate of drug-likeness (QED) is 0.484. The van der Waals surface area contributed by atoms with Gasteiger partial charge < -0.3 is 33.4 Å². The molecule has 2 bridgehead atoms. The Morgan fingerprint density at radius 3 is 2.32 bits per heavy atom. The van der Waals surface area contributed by atoms with Crippen molar-refractivity contribution in [1.29, 1.82) is 0 Å². The lowest BCUT2D eigenvalue weighted by molar-refractivity contribution is -0.870. The van der Waals surface area contributed by atoms with E-state index in [2.05, 4.69) is 46.8 Å². The van der Waals surface area contributed by atoms with Crippen molar-refractivity contribution >= 4 is 0 Å². The van der Waals surface area contributed by atoms with Crippen molar-refractivity contribution in [2.24, 2.45) is 16.7 Å². The van der Waals surface area contributed by atoms with E-state index in [-0.39, 0.29) is 24.0 Å². The maximum atomic E-state index is 2.75. The van der Waals surface area contributed by atoms with Gasteiger partial charge in [0.25, 0.3) is 0 Å². The van der Waals surface area contributed by atoms with Crippen LogP contribution < -0.4 is 24.0 Å². The lowest BCUT2D eigenvalue weighted by Gasteiger charge is -2.50. The molecule has 0 aromatic carbocycles. The molecule has 2 nitrogen and oxygen atoms in total. The monoisotopic (exact) mass is 380 g/mol. The van der Waals surface area contributed by atoms with Gasteiger partial charge in [-0.15, -0.1) is 0 Å². The van der Waals surface area contributed by atoms with Crippen LogP contribution in [-0.4, -0.2) is 56.7 Å². The summed E-state index contributed by atoms with van der Waals surface area (Å²) < 4.78 is 1.10. The number of quaternary nitrogens is 1. The topological polar surface area (TPSA) is 3.24 Å². The molecule has 2 rings (SSSR count). The molecule has 0 aromatic heterocycles. The van der Waals surface area contributed by atoms with Crippen LogP contribution in [0.15, 0.2) is 0 Å². The minimum atomic E-state index is 0. The van der Waals surface area contributed by atoms with Crippen LogP contribution in [0.3, 0.4) is 0 Å². The summed E-state index contributed by atoms with van der Waals surface area (Å²) in [5, 5.41) is 0. The maximum absolute atomic E-state index is 2.75. The first kappa shape index (κ1) is 17.7. The summed E-state index contributed by atoms with van der Waals surface area (Å²) in [6.07, 6.45) is 4.23. The van der Waals surface area contributed by atoms with Crippen LogP contribution in [0.1, 0.15) is 40.0 Å². The van der Waals surface area contributed by atoms with Crippen molar-refractivity contribution in [2.75, 3.05) is 47.3 Å². The van der Waals surface area contributed by atoms with Crippen LogP contribution in [0.4, 0.5) is 0 Å². The van der Waals surface area contributed by atoms with Crippen molar-refractivity contribution in [3.05, 3.63) is 0 Å². The molecule has 2 fully saturated rings. The zero-order valence-electron chi connectivity index (χ0n) is 13.8. The Bertz CT molecular complexity index is 308. The van der Waals surface area contributed by atoms with Crippen molar-refractivity contribution in [1.82, 2.24) is 4.90 Å². The molecule has 2 atom stereocenters. The Kier molecular flexibility index (Phi) is 5.40. The molecule has 0 radical (unpaired) electrons. The summed E-state index contributed by atoms with van der Waals surface area (Å²) in [6.45, 7) is 12.8. The summed E-state index contributed by atoms with van der Waals surface area (Å²) in [6, 6.07) is 0. The Labute approximate surface area is 137 Å². The third kappa shape index (κ3) is 3.65. The fraction of sp³-hybridized carbons (Fsp3) is 1.00. The van der Waals surface area contributed by atoms with Gasteiger partial charge in [-0.3, -0.25) is 0 Å². The average Bonchev–Trinajstić information content (AvgIpc) is 2.36. The van der Waals surface area contributed by atoms with E-state index in [0.29, 0.717) is 10.8 Å². The average molecular weight is 380 g/mol. The normalized spacial score (nSPS) is 34.1. The highest BCUT2D eigenvalue weighted by molar-refractivity contribution is 5.05. The van der Waals surface area contributed by atoms with E-state index in [4.69, 9.17) is 0 Å². The van der Waals surface area contributed by atoms with E-state index in [9.17, 15) is 0 Å². The predicted octanol–water partition coefficient (Wildman–Crippen LogP) is -0.155. The van der Waals surface area contributed by atoms with Crippen LogP contribution in [0, 0.1) is 16.7 Å². The summed E-state index contributed by atoms with van der Waals surface area (Å²) in [5.74, 6) is 0.931. The Balaban J connectivity index is 0.00000180. The number of likely N-dealkylation sites (tertiary alicyclic amines) is 1. The molecule has 1 saturated carbocycles. The van der Waals surface area contributed by atoms with E-state index in [1.165, 1.54) is 45.4 Å². The van der Waals surface area contributed by atoms with Gasteiger partial charge in [0.15, 0.2) is 0 Å². The van der Waals surface area contributed by atoms with E-state index >= 15 is 0 Å². The maximum Gasteiger partial charge on any atom is 0.0792 e. The number of hydrogen-bond acceptors (Lipinski definition) is 1. The Morgan fingerprint density at radius 1 is 1.16 bits per heavy atom. The second-order valence-electron chi connectivity index (χ2n) is 8.62. The molecule has 1 heterocycles. The van der Waals surface area contributed by atoms with Gasteiger partial charge in [-0.05, 0) is 29.6 Å². The van der Waals surface area contributed by atoms with Gasteiger partial charge >= 0.3 is 0 Å². The highest BCUT2D eigenvalue weighted by Gasteiger charge is 2.55. The SMILES string of the molecule is CC1(C)[C@@H]2CC[C@@]1(C)CN(CCC[N+](C)(C)C)C2.[I-]. The van der Waals surface area contributed by atoms with Gasteiger partial charge in [0.2, 0.25) is 0 Å². The minimum Gasteiger partial charge on any atom is -1.00 e. The van der Waals surface area contributed by atoms with Crippen molar-refractivity contribution in [3.63, 3.8) is 0 Å². The van der Waals surface area contributed by atoms with Crippen LogP contribution in [0.5, 0.6) is 0 Å². The first-order chi connectivity index (χ1) is 8.14. The molecule has 0 amide bonds. The van der Waals surface area contributed by atoms with Gasteiger partial charge in [0, 0.05) is 26.1 Å². The molecule has 3 heteroatoms. The molecule has 2 aliphatic rings. The van der Waals surface area contributed by atoms with Gasteiger partial charge in [0.05, 0.1) is 27.7 Å². The zero-order chi connectivity index (χ0) is 13.6. The molecule has 0 unspecified atom stereocenters. The van der Waals surface area contributed by atoms with Gasteiger partial charge in [-0.25, -0.2) is 0 Å². The summed E-state index contributed by atoms with van der Waals surface area (Å²) in [5.41, 5.74) is 1.12. The third-order valence-electron chi connectivity index (χ3n) is 5.98. The summed E-state index contributed by atoms with van der Waals surface area (Å²) in [4.78, 5) is 2.75. The molecule has 0 N–H and O–H groups in total. The fourth-order valence-electron chi connectivity index (χ4n) is 4.08. The minimum absolute atomic E-state index is 0. The molecule has 1 aliphatic carbocycles. The molecular weight excluding hydrogens is 347 g/mol. The lowest BCUT2D eigenvalue weighted by atomic mass is 9.63. The fourth-order valence-corrected chi connectivity index (χ4v) is 4.08. The van der Waals surface area contributed by atoms with E-state index < -0.39 is 0 Å². The predicted molar refractivity (Wildman–Crippen MR) is 78.6 cm³/mol. The van der Waals surface area contributed by atoms with Gasteiger partial charge in [-0.1, -0.05) is 20.8 Å². The van der Waals surface area contributed by atoms with Crippen molar-refractivity contribution in [2.45, 2.75) is 40.0 Å². The number of hydrogen-bond donors (Lipinski definition) is 0. The second kappa shape index (κ2) is 5.80. The number of halogens is 1. The smallest absolute Gasteiger partial charge is 0.0792 e. The largest absolute Gasteiger partial charge is 1.00 e. The van der Waals surface area contributed by atoms with Gasteiger partial charge in [-0.2, -0.15) is 0 Å². The molecule has 19 heavy (non-hydrogen) atoms. The molecule has 1 saturated heterocycles. The Hall–Kier alpha value is 0.650. The highest BCUT2D eigenvalue weighted by atomic mass is 127. The number of nitrogens with zero attached hydrogens (tertiary/aromatic N) is 2. The molecule has 0 aromatic rings. The number of fused-ring (bicyclic) bond motifs is 2. The van der Waals surface area contributed by atoms with E-state index in [1.54, 1.807) is 0 Å². The summed E-state index contributed by atoms with van der Waals surface area (Å²) in [7, 11) is 6.89. The molecule has 0 spiro atoms. The molecule has 1 aliphatic heterocycles. The Morgan fingerprint density at radius 2 is 1.79 bits per heavy atom. The first-order valence-electron chi connectivity index (χ1n) is 7.67. The van der Waals surface area contributed by atoms with E-state index in [0.717, 1.165) is 10.4 Å². The first-order valence-corrected chi connectivity index (χ1v) is 7.67. The van der Waals surface area contributed by atoms with Crippen molar-refractivity contribution in [3.8, 4) is 0 Å². The summed E-state index contributed by atoms with van der Waals surface area (Å²) >= 11 is 0. The van der Waals surface area contributed by atoms with Crippen LogP contribution in [0.2, 0.25) is 0 Å². The molecular formula is C16H33IN2. The van der Waals surface area contributed by atoms with Crippen LogP contribution in [0.25, 0.3) is 0 Å². The van der Waals surface area contributed by atoms with Crippen LogP contribution in [-0.2, 0) is 0 Å². The second-order valence-corrected chi connectivity index (χ2v) is 8.62. The zero-order valence-corrected chi connectivity index (χ0v) is 16.0. The van der Waals surface area contributed by atoms with E-state index in [1.807, 2.05) is 0 Å². The van der Waals surface area contributed by atoms with Crippen LogP contribution >= 0.6 is 0 Å². The van der Waals surface area contributed by atoms with Gasteiger partial charge in [0.1, 0.15) is 0 Å². The number of rotatable bonds is 4.